The van der Waals surface area contributed by atoms with Crippen molar-refractivity contribution in [1.29, 1.82) is 0 Å². The van der Waals surface area contributed by atoms with E-state index in [0.29, 0.717) is 28.7 Å². The minimum absolute atomic E-state index is 0.0491. The molecule has 10 heteroatoms. The molecule has 7 nitrogen and oxygen atoms in total. The summed E-state index contributed by atoms with van der Waals surface area (Å²) in [6.45, 7) is 5.30. The highest BCUT2D eigenvalue weighted by atomic mass is 35.5. The molecule has 0 spiro atoms. The van der Waals surface area contributed by atoms with E-state index in [-0.39, 0.29) is 28.8 Å². The second-order valence-corrected chi connectivity index (χ2v) is 8.72. The van der Waals surface area contributed by atoms with Crippen molar-refractivity contribution in [2.75, 3.05) is 18.0 Å². The van der Waals surface area contributed by atoms with E-state index in [9.17, 15) is 10.1 Å². The summed E-state index contributed by atoms with van der Waals surface area (Å²) in [5.41, 5.74) is 1.18. The monoisotopic (exact) mass is 453 g/mol. The van der Waals surface area contributed by atoms with Crippen LogP contribution in [0.1, 0.15) is 13.8 Å². The van der Waals surface area contributed by atoms with E-state index in [1.807, 2.05) is 19.9 Å². The Balaban J connectivity index is 1.65. The van der Waals surface area contributed by atoms with Crippen molar-refractivity contribution in [3.05, 3.63) is 50.5 Å². The topological polar surface area (TPSA) is 77.7 Å². The summed E-state index contributed by atoms with van der Waals surface area (Å²) in [6.07, 6.45) is 0.0982. The molecular formula is C19H17Cl2N3O4S. The molecule has 0 aliphatic carbocycles. The van der Waals surface area contributed by atoms with Crippen molar-refractivity contribution >= 4 is 56.1 Å². The number of nitrogens with zero attached hydrogens (tertiary/aromatic N) is 3. The van der Waals surface area contributed by atoms with Crippen LogP contribution in [0.2, 0.25) is 10.0 Å². The SMILES string of the molecule is C[C@H]1CN(c2ccc(Oc3nc4c(Cl)cc(Cl)cc4s3)c([N+](=O)[O-])c2)C[C@H](C)O1. The second-order valence-electron chi connectivity index (χ2n) is 6.89. The number of nitro groups is 1. The van der Waals surface area contributed by atoms with Crippen LogP contribution in [0.25, 0.3) is 10.2 Å². The quantitative estimate of drug-likeness (QED) is 0.360. The Morgan fingerprint density at radius 2 is 1.97 bits per heavy atom. The maximum Gasteiger partial charge on any atom is 0.313 e. The third-order valence-electron chi connectivity index (χ3n) is 4.51. The summed E-state index contributed by atoms with van der Waals surface area (Å²) < 4.78 is 12.2. The third-order valence-corrected chi connectivity index (χ3v) is 5.90. The number of thiazole rings is 1. The highest BCUT2D eigenvalue weighted by Gasteiger charge is 2.26. The van der Waals surface area contributed by atoms with E-state index in [2.05, 4.69) is 9.88 Å². The number of aromatic nitrogens is 1. The summed E-state index contributed by atoms with van der Waals surface area (Å²) in [5.74, 6) is 0.120. The van der Waals surface area contributed by atoms with Gasteiger partial charge < -0.3 is 14.4 Å². The lowest BCUT2D eigenvalue weighted by molar-refractivity contribution is -0.385. The number of rotatable bonds is 4. The molecule has 1 aromatic heterocycles. The first kappa shape index (κ1) is 20.2. The van der Waals surface area contributed by atoms with Gasteiger partial charge in [-0.3, -0.25) is 10.1 Å². The van der Waals surface area contributed by atoms with E-state index in [4.69, 9.17) is 32.7 Å². The number of benzene rings is 2. The molecule has 1 aliphatic rings. The number of morpholine rings is 1. The lowest BCUT2D eigenvalue weighted by Gasteiger charge is -2.36. The average molecular weight is 454 g/mol. The Labute approximate surface area is 180 Å². The minimum atomic E-state index is -0.455. The number of hydrogen-bond acceptors (Lipinski definition) is 7. The van der Waals surface area contributed by atoms with Crippen molar-refractivity contribution < 1.29 is 14.4 Å². The van der Waals surface area contributed by atoms with Crippen LogP contribution < -0.4 is 9.64 Å². The Bertz CT molecular complexity index is 1080. The van der Waals surface area contributed by atoms with Crippen LogP contribution in [0.5, 0.6) is 10.9 Å². The van der Waals surface area contributed by atoms with Crippen molar-refractivity contribution in [1.82, 2.24) is 4.98 Å². The van der Waals surface area contributed by atoms with Gasteiger partial charge in [0.25, 0.3) is 5.19 Å². The molecule has 29 heavy (non-hydrogen) atoms. The molecule has 2 atom stereocenters. The fourth-order valence-electron chi connectivity index (χ4n) is 3.39. The Morgan fingerprint density at radius 1 is 1.24 bits per heavy atom. The molecule has 2 heterocycles. The number of ether oxygens (including phenoxy) is 2. The van der Waals surface area contributed by atoms with E-state index < -0.39 is 4.92 Å². The van der Waals surface area contributed by atoms with Crippen molar-refractivity contribution in [3.63, 3.8) is 0 Å². The van der Waals surface area contributed by atoms with Crippen molar-refractivity contribution in [2.45, 2.75) is 26.1 Å². The first-order chi connectivity index (χ1) is 13.8. The number of fused-ring (bicyclic) bond motifs is 1. The summed E-state index contributed by atoms with van der Waals surface area (Å²) >= 11 is 13.4. The standard InChI is InChI=1S/C19H17Cl2N3O4S/c1-10-8-23(9-11(2)27-10)13-3-4-16(15(7-13)24(25)26)28-19-22-18-14(21)5-12(20)6-17(18)29-19/h3-7,10-11H,8-9H2,1-2H3/t10-,11-/m0/s1. The molecule has 0 amide bonds. The van der Waals surface area contributed by atoms with Gasteiger partial charge in [0.1, 0.15) is 5.52 Å². The fourth-order valence-corrected chi connectivity index (χ4v) is 4.95. The van der Waals surface area contributed by atoms with Gasteiger partial charge in [-0.2, -0.15) is 0 Å². The van der Waals surface area contributed by atoms with E-state index in [1.165, 1.54) is 17.4 Å². The molecule has 0 bridgehead atoms. The summed E-state index contributed by atoms with van der Waals surface area (Å²) in [7, 11) is 0. The lowest BCUT2D eigenvalue weighted by atomic mass is 10.2. The van der Waals surface area contributed by atoms with Gasteiger partial charge in [-0.25, -0.2) is 4.98 Å². The predicted molar refractivity (Wildman–Crippen MR) is 115 cm³/mol. The largest absolute Gasteiger partial charge is 0.423 e. The molecule has 1 saturated heterocycles. The zero-order valence-electron chi connectivity index (χ0n) is 15.6. The number of anilines is 1. The Kier molecular flexibility index (Phi) is 5.52. The van der Waals surface area contributed by atoms with Gasteiger partial charge in [0.15, 0.2) is 0 Å². The maximum atomic E-state index is 11.7. The minimum Gasteiger partial charge on any atom is -0.423 e. The average Bonchev–Trinajstić information content (AvgIpc) is 3.03. The number of nitro benzene ring substituents is 1. The van der Waals surface area contributed by atoms with Crippen molar-refractivity contribution in [2.24, 2.45) is 0 Å². The van der Waals surface area contributed by atoms with Crippen LogP contribution >= 0.6 is 34.5 Å². The van der Waals surface area contributed by atoms with Gasteiger partial charge in [-0.1, -0.05) is 34.5 Å². The Hall–Kier alpha value is -2.13. The van der Waals surface area contributed by atoms with Gasteiger partial charge >= 0.3 is 5.69 Å². The highest BCUT2D eigenvalue weighted by molar-refractivity contribution is 7.20. The molecule has 2 aromatic carbocycles. The van der Waals surface area contributed by atoms with Crippen LogP contribution in [-0.2, 0) is 4.74 Å². The van der Waals surface area contributed by atoms with Gasteiger partial charge in [-0.05, 0) is 38.1 Å². The van der Waals surface area contributed by atoms with E-state index in [1.54, 1.807) is 18.2 Å². The number of hydrogen-bond donors (Lipinski definition) is 0. The summed E-state index contributed by atoms with van der Waals surface area (Å²) in [6, 6.07) is 8.25. The van der Waals surface area contributed by atoms with Crippen LogP contribution in [-0.4, -0.2) is 35.2 Å². The number of halogens is 2. The first-order valence-electron chi connectivity index (χ1n) is 8.92. The Morgan fingerprint density at radius 3 is 2.66 bits per heavy atom. The molecule has 152 valence electrons. The molecule has 0 saturated carbocycles. The van der Waals surface area contributed by atoms with Gasteiger partial charge in [0.05, 0.1) is 26.9 Å². The second kappa shape index (κ2) is 7.95. The first-order valence-corrected chi connectivity index (χ1v) is 10.5. The zero-order chi connectivity index (χ0) is 20.7. The normalized spacial score (nSPS) is 19.5. The van der Waals surface area contributed by atoms with Crippen LogP contribution in [0, 0.1) is 10.1 Å². The molecule has 4 rings (SSSR count). The van der Waals surface area contributed by atoms with Crippen LogP contribution in [0.15, 0.2) is 30.3 Å². The molecule has 0 unspecified atom stereocenters. The van der Waals surface area contributed by atoms with Gasteiger partial charge in [-0.15, -0.1) is 0 Å². The fraction of sp³-hybridized carbons (Fsp3) is 0.316. The van der Waals surface area contributed by atoms with Crippen LogP contribution in [0.3, 0.4) is 0 Å². The highest BCUT2D eigenvalue weighted by Crippen LogP contribution is 2.40. The third kappa shape index (κ3) is 4.25. The maximum absolute atomic E-state index is 11.7. The lowest BCUT2D eigenvalue weighted by Crippen LogP contribution is -2.45. The van der Waals surface area contributed by atoms with Gasteiger partial charge in [0.2, 0.25) is 5.75 Å². The molecular weight excluding hydrogens is 437 g/mol. The van der Waals surface area contributed by atoms with Crippen molar-refractivity contribution in [3.8, 4) is 10.9 Å². The smallest absolute Gasteiger partial charge is 0.313 e. The van der Waals surface area contributed by atoms with E-state index in [0.717, 1.165) is 10.4 Å². The molecule has 1 aliphatic heterocycles. The molecule has 0 radical (unpaired) electrons. The summed E-state index contributed by atoms with van der Waals surface area (Å²) in [4.78, 5) is 17.6. The zero-order valence-corrected chi connectivity index (χ0v) is 17.9. The van der Waals surface area contributed by atoms with Gasteiger partial charge in [0, 0.05) is 29.9 Å². The molecule has 0 N–H and O–H groups in total. The van der Waals surface area contributed by atoms with E-state index >= 15 is 0 Å². The predicted octanol–water partition coefficient (Wildman–Crippen LogP) is 5.92. The molecule has 1 fully saturated rings. The summed E-state index contributed by atoms with van der Waals surface area (Å²) in [5, 5.41) is 12.8. The van der Waals surface area contributed by atoms with Crippen LogP contribution in [0.4, 0.5) is 11.4 Å². The molecule has 3 aromatic rings.